The molecule has 5 aromatic rings. The molecule has 268 valence electrons. The van der Waals surface area contributed by atoms with E-state index in [9.17, 15) is 24.3 Å². The number of fused-ring (bicyclic) bond motifs is 2. The van der Waals surface area contributed by atoms with Crippen LogP contribution in [0.2, 0.25) is 0 Å². The number of hydrogen-bond acceptors (Lipinski definition) is 6. The molecule has 1 aromatic heterocycles. The fourth-order valence-electron chi connectivity index (χ4n) is 7.22. The van der Waals surface area contributed by atoms with Crippen LogP contribution >= 0.6 is 0 Å². The Hall–Kier alpha value is -5.94. The first-order chi connectivity index (χ1) is 25.0. The number of aromatic amines is 1. The van der Waals surface area contributed by atoms with Crippen molar-refractivity contribution in [3.05, 3.63) is 136 Å². The molecule has 0 saturated heterocycles. The third kappa shape index (κ3) is 7.84. The minimum Gasteiger partial charge on any atom is -0.508 e. The van der Waals surface area contributed by atoms with E-state index >= 15 is 0 Å². The lowest BCUT2D eigenvalue weighted by molar-refractivity contribution is -0.143. The third-order valence-corrected chi connectivity index (χ3v) is 9.91. The highest BCUT2D eigenvalue weighted by Crippen LogP contribution is 2.32. The van der Waals surface area contributed by atoms with Gasteiger partial charge in [-0.15, -0.1) is 0 Å². The molecule has 1 aliphatic rings. The van der Waals surface area contributed by atoms with Gasteiger partial charge >= 0.3 is 0 Å². The first-order valence-electron chi connectivity index (χ1n) is 17.4. The third-order valence-electron chi connectivity index (χ3n) is 9.91. The average Bonchev–Trinajstić information content (AvgIpc) is 3.54. The Morgan fingerprint density at radius 1 is 0.865 bits per heavy atom. The maximum absolute atomic E-state index is 14.6. The van der Waals surface area contributed by atoms with Gasteiger partial charge in [-0.1, -0.05) is 72.8 Å². The maximum atomic E-state index is 14.6. The van der Waals surface area contributed by atoms with Crippen molar-refractivity contribution in [2.75, 3.05) is 6.54 Å². The van der Waals surface area contributed by atoms with Crippen molar-refractivity contribution in [2.24, 2.45) is 11.5 Å². The summed E-state index contributed by atoms with van der Waals surface area (Å²) in [5, 5.41) is 16.7. The number of nitrogens with one attached hydrogen (secondary N) is 3. The number of carbonyl (C=O) groups excluding carboxylic acids is 4. The standard InChI is InChI=1S/C41H44N6O5/c1-24-18-29(48)19-25(2)32(24)22-33(42)41(52)47-17-16-27-12-6-7-14-31(27)37(47)40(51)46-36(21-28-23-44-34-15-9-8-13-30(28)34)39(50)45-35(38(43)49)20-26-10-4-3-5-11-26/h3-15,18-19,23,33,35-37,44,48H,16-17,20-22,42H2,1-2H3,(H2,43,49)(H,45,50)(H,46,51)/t33-,35-,36-,37?/m0/s1. The lowest BCUT2D eigenvalue weighted by atomic mass is 9.90. The van der Waals surface area contributed by atoms with Crippen molar-refractivity contribution < 1.29 is 24.3 Å². The topological polar surface area (TPSA) is 184 Å². The molecule has 4 atom stereocenters. The van der Waals surface area contributed by atoms with E-state index in [1.807, 2.05) is 92.7 Å². The largest absolute Gasteiger partial charge is 0.508 e. The van der Waals surface area contributed by atoms with Crippen LogP contribution < -0.4 is 22.1 Å². The SMILES string of the molecule is Cc1cc(O)cc(C)c1C[C@H](N)C(=O)N1CCc2ccccc2C1C(=O)N[C@@H](Cc1c[nH]c2ccccc12)C(=O)N[C@@H](Cc1ccccc1)C(N)=O. The normalized spacial score (nSPS) is 15.7. The number of amides is 4. The molecule has 2 heterocycles. The molecule has 11 heteroatoms. The molecule has 0 saturated carbocycles. The highest BCUT2D eigenvalue weighted by atomic mass is 16.3. The van der Waals surface area contributed by atoms with Gasteiger partial charge in [-0.2, -0.15) is 0 Å². The van der Waals surface area contributed by atoms with Gasteiger partial charge in [-0.3, -0.25) is 19.2 Å². The summed E-state index contributed by atoms with van der Waals surface area (Å²) in [6.07, 6.45) is 2.80. The van der Waals surface area contributed by atoms with Gasteiger partial charge in [0.15, 0.2) is 0 Å². The molecule has 4 amide bonds. The van der Waals surface area contributed by atoms with Crippen LogP contribution in [0.1, 0.15) is 45.0 Å². The van der Waals surface area contributed by atoms with Crippen LogP contribution in [-0.4, -0.2) is 63.3 Å². The van der Waals surface area contributed by atoms with E-state index in [4.69, 9.17) is 11.5 Å². The summed E-state index contributed by atoms with van der Waals surface area (Å²) in [6.45, 7) is 3.96. The first kappa shape index (κ1) is 35.9. The van der Waals surface area contributed by atoms with Crippen LogP contribution in [0.25, 0.3) is 10.9 Å². The number of phenolic OH excluding ortho intramolecular Hbond substituents is 1. The number of aromatic hydroxyl groups is 1. The van der Waals surface area contributed by atoms with E-state index in [0.717, 1.165) is 44.3 Å². The number of para-hydroxylation sites is 1. The number of rotatable bonds is 12. The van der Waals surface area contributed by atoms with Gasteiger partial charge < -0.3 is 37.1 Å². The molecule has 0 bridgehead atoms. The van der Waals surface area contributed by atoms with Crippen LogP contribution in [0.5, 0.6) is 5.75 Å². The molecule has 11 nitrogen and oxygen atoms in total. The van der Waals surface area contributed by atoms with Gasteiger partial charge in [-0.05, 0) is 83.8 Å². The Labute approximate surface area is 302 Å². The van der Waals surface area contributed by atoms with Crippen LogP contribution in [-0.2, 0) is 44.9 Å². The lowest BCUT2D eigenvalue weighted by Gasteiger charge is -2.38. The smallest absolute Gasteiger partial charge is 0.248 e. The Morgan fingerprint density at radius 3 is 2.27 bits per heavy atom. The van der Waals surface area contributed by atoms with Gasteiger partial charge in [0, 0.05) is 36.5 Å². The van der Waals surface area contributed by atoms with Crippen molar-refractivity contribution in [1.29, 1.82) is 0 Å². The van der Waals surface area contributed by atoms with Gasteiger partial charge in [0.1, 0.15) is 23.9 Å². The summed E-state index contributed by atoms with van der Waals surface area (Å²) in [6, 6.07) is 23.4. The molecule has 1 unspecified atom stereocenters. The van der Waals surface area contributed by atoms with Gasteiger partial charge in [0.05, 0.1) is 6.04 Å². The second-order valence-corrected chi connectivity index (χ2v) is 13.5. The van der Waals surface area contributed by atoms with E-state index in [2.05, 4.69) is 15.6 Å². The quantitative estimate of drug-likeness (QED) is 0.116. The summed E-state index contributed by atoms with van der Waals surface area (Å²) in [5.74, 6) is -2.12. The molecule has 0 spiro atoms. The van der Waals surface area contributed by atoms with Crippen LogP contribution in [0.3, 0.4) is 0 Å². The number of nitrogens with zero attached hydrogens (tertiary/aromatic N) is 1. The number of benzene rings is 4. The van der Waals surface area contributed by atoms with Crippen molar-refractivity contribution in [3.8, 4) is 5.75 Å². The van der Waals surface area contributed by atoms with Gasteiger partial charge in [-0.25, -0.2) is 0 Å². The fourth-order valence-corrected chi connectivity index (χ4v) is 7.22. The maximum Gasteiger partial charge on any atom is 0.248 e. The van der Waals surface area contributed by atoms with Gasteiger partial charge in [0.25, 0.3) is 0 Å². The minimum absolute atomic E-state index is 0.0969. The zero-order valence-corrected chi connectivity index (χ0v) is 29.3. The molecule has 8 N–H and O–H groups in total. The highest BCUT2D eigenvalue weighted by molar-refractivity contribution is 5.96. The van der Waals surface area contributed by atoms with E-state index in [0.29, 0.717) is 12.0 Å². The summed E-state index contributed by atoms with van der Waals surface area (Å²) in [7, 11) is 0. The summed E-state index contributed by atoms with van der Waals surface area (Å²) in [5.41, 5.74) is 18.8. The zero-order chi connectivity index (χ0) is 36.9. The Morgan fingerprint density at radius 2 is 1.54 bits per heavy atom. The number of H-pyrrole nitrogens is 1. The predicted octanol–water partition coefficient (Wildman–Crippen LogP) is 3.43. The number of nitrogens with two attached hydrogens (primary N) is 2. The fraction of sp³-hybridized carbons (Fsp3) is 0.268. The van der Waals surface area contributed by atoms with Crippen molar-refractivity contribution in [1.82, 2.24) is 20.5 Å². The van der Waals surface area contributed by atoms with E-state index in [1.54, 1.807) is 18.3 Å². The summed E-state index contributed by atoms with van der Waals surface area (Å²) >= 11 is 0. The highest BCUT2D eigenvalue weighted by Gasteiger charge is 2.39. The Kier molecular flexibility index (Phi) is 10.7. The number of carbonyl (C=O) groups is 4. The zero-order valence-electron chi connectivity index (χ0n) is 29.3. The second-order valence-electron chi connectivity index (χ2n) is 13.5. The lowest BCUT2D eigenvalue weighted by Crippen LogP contribution is -2.57. The van der Waals surface area contributed by atoms with Crippen LogP contribution in [0.4, 0.5) is 0 Å². The average molecular weight is 701 g/mol. The molecule has 4 aromatic carbocycles. The van der Waals surface area contributed by atoms with Crippen molar-refractivity contribution >= 4 is 34.5 Å². The van der Waals surface area contributed by atoms with Gasteiger partial charge in [0.2, 0.25) is 23.6 Å². The minimum atomic E-state index is -1.13. The number of hydrogen-bond donors (Lipinski definition) is 6. The number of aromatic nitrogens is 1. The number of aryl methyl sites for hydroxylation is 2. The molecule has 52 heavy (non-hydrogen) atoms. The Balaban J connectivity index is 1.30. The predicted molar refractivity (Wildman–Crippen MR) is 199 cm³/mol. The summed E-state index contributed by atoms with van der Waals surface area (Å²) in [4.78, 5) is 60.2. The molecule has 0 fully saturated rings. The van der Waals surface area contributed by atoms with E-state index < -0.39 is 47.8 Å². The molecular formula is C41H44N6O5. The molecule has 0 radical (unpaired) electrons. The Bertz CT molecular complexity index is 2090. The number of primary amides is 1. The molecule has 0 aliphatic carbocycles. The van der Waals surface area contributed by atoms with Crippen LogP contribution in [0.15, 0.2) is 97.2 Å². The molecular weight excluding hydrogens is 656 g/mol. The second kappa shape index (κ2) is 15.5. The van der Waals surface area contributed by atoms with Crippen molar-refractivity contribution in [3.63, 3.8) is 0 Å². The molecule has 6 rings (SSSR count). The molecule has 1 aliphatic heterocycles. The van der Waals surface area contributed by atoms with E-state index in [1.165, 1.54) is 4.90 Å². The van der Waals surface area contributed by atoms with E-state index in [-0.39, 0.29) is 31.6 Å². The summed E-state index contributed by atoms with van der Waals surface area (Å²) < 4.78 is 0. The first-order valence-corrected chi connectivity index (χ1v) is 17.4. The van der Waals surface area contributed by atoms with Crippen LogP contribution in [0, 0.1) is 13.8 Å². The monoisotopic (exact) mass is 700 g/mol. The van der Waals surface area contributed by atoms with Crippen molar-refractivity contribution in [2.45, 2.75) is 63.7 Å². The number of phenols is 1.